The summed E-state index contributed by atoms with van der Waals surface area (Å²) in [5.41, 5.74) is 0.883. The van der Waals surface area contributed by atoms with Gasteiger partial charge >= 0.3 is 0 Å². The summed E-state index contributed by atoms with van der Waals surface area (Å²) >= 11 is 1.45. The number of rotatable bonds is 3. The molecule has 2 heterocycles. The number of Topliss-reactive ketones (excluding diaryl/α,β-unsaturated/α-hetero) is 1. The SMILES string of the molecule is CC(=O)C1CNC(C(=O)Nc2nc3ccccc3s2)C1. The van der Waals surface area contributed by atoms with Crippen molar-refractivity contribution in [3.63, 3.8) is 0 Å². The average molecular weight is 289 g/mol. The number of nitrogens with zero attached hydrogens (tertiary/aromatic N) is 1. The molecule has 1 aliphatic heterocycles. The van der Waals surface area contributed by atoms with Gasteiger partial charge in [-0.3, -0.25) is 9.59 Å². The molecule has 0 saturated carbocycles. The Morgan fingerprint density at radius 3 is 2.90 bits per heavy atom. The van der Waals surface area contributed by atoms with E-state index in [0.717, 1.165) is 10.2 Å². The highest BCUT2D eigenvalue weighted by molar-refractivity contribution is 7.22. The topological polar surface area (TPSA) is 71.1 Å². The maximum Gasteiger partial charge on any atom is 0.243 e. The molecule has 1 saturated heterocycles. The highest BCUT2D eigenvalue weighted by atomic mass is 32.1. The van der Waals surface area contributed by atoms with Crippen molar-refractivity contribution in [3.05, 3.63) is 24.3 Å². The van der Waals surface area contributed by atoms with Gasteiger partial charge in [0.25, 0.3) is 0 Å². The van der Waals surface area contributed by atoms with E-state index in [9.17, 15) is 9.59 Å². The number of nitrogens with one attached hydrogen (secondary N) is 2. The van der Waals surface area contributed by atoms with E-state index in [4.69, 9.17) is 0 Å². The summed E-state index contributed by atoms with van der Waals surface area (Å²) in [6.07, 6.45) is 0.562. The van der Waals surface area contributed by atoms with E-state index in [1.165, 1.54) is 11.3 Å². The molecule has 2 atom stereocenters. The second kappa shape index (κ2) is 5.30. The van der Waals surface area contributed by atoms with Gasteiger partial charge in [0.2, 0.25) is 5.91 Å². The van der Waals surface area contributed by atoms with E-state index in [1.54, 1.807) is 6.92 Å². The van der Waals surface area contributed by atoms with Gasteiger partial charge in [0.1, 0.15) is 5.78 Å². The molecule has 20 heavy (non-hydrogen) atoms. The molecule has 2 aromatic rings. The van der Waals surface area contributed by atoms with E-state index in [0.29, 0.717) is 18.1 Å². The van der Waals surface area contributed by atoms with Crippen LogP contribution in [0.3, 0.4) is 0 Å². The zero-order valence-corrected chi connectivity index (χ0v) is 11.9. The van der Waals surface area contributed by atoms with Crippen LogP contribution in [0.1, 0.15) is 13.3 Å². The van der Waals surface area contributed by atoms with Gasteiger partial charge in [-0.1, -0.05) is 23.5 Å². The van der Waals surface area contributed by atoms with Gasteiger partial charge in [-0.2, -0.15) is 0 Å². The van der Waals surface area contributed by atoms with Crippen molar-refractivity contribution in [2.45, 2.75) is 19.4 Å². The molecule has 1 aromatic heterocycles. The van der Waals surface area contributed by atoms with E-state index in [1.807, 2.05) is 24.3 Å². The summed E-state index contributed by atoms with van der Waals surface area (Å²) in [4.78, 5) is 27.8. The van der Waals surface area contributed by atoms with Gasteiger partial charge in [0, 0.05) is 12.5 Å². The lowest BCUT2D eigenvalue weighted by atomic mass is 10.0. The third-order valence-electron chi connectivity index (χ3n) is 3.55. The van der Waals surface area contributed by atoms with Crippen molar-refractivity contribution in [2.24, 2.45) is 5.92 Å². The zero-order valence-electron chi connectivity index (χ0n) is 11.1. The van der Waals surface area contributed by atoms with Crippen LogP contribution in [0.5, 0.6) is 0 Å². The first-order valence-electron chi connectivity index (χ1n) is 6.54. The first-order chi connectivity index (χ1) is 9.63. The zero-order chi connectivity index (χ0) is 14.1. The van der Waals surface area contributed by atoms with E-state index >= 15 is 0 Å². The van der Waals surface area contributed by atoms with E-state index in [2.05, 4.69) is 15.6 Å². The summed E-state index contributed by atoms with van der Waals surface area (Å²) in [5.74, 6) is -0.0401. The summed E-state index contributed by atoms with van der Waals surface area (Å²) in [6.45, 7) is 2.15. The van der Waals surface area contributed by atoms with Crippen LogP contribution in [-0.2, 0) is 9.59 Å². The van der Waals surface area contributed by atoms with E-state index < -0.39 is 0 Å². The number of thiazole rings is 1. The van der Waals surface area contributed by atoms with Crippen LogP contribution in [0.25, 0.3) is 10.2 Å². The smallest absolute Gasteiger partial charge is 0.243 e. The van der Waals surface area contributed by atoms with Crippen molar-refractivity contribution < 1.29 is 9.59 Å². The standard InChI is InChI=1S/C14H15N3O2S/c1-8(18)9-6-11(15-7-9)13(19)17-14-16-10-4-2-3-5-12(10)20-14/h2-5,9,11,15H,6-7H2,1H3,(H,16,17,19). The second-order valence-electron chi connectivity index (χ2n) is 4.98. The Hall–Kier alpha value is -1.79. The minimum Gasteiger partial charge on any atom is -0.305 e. The lowest BCUT2D eigenvalue weighted by Crippen LogP contribution is -2.35. The molecule has 0 bridgehead atoms. The molecule has 0 aliphatic carbocycles. The fourth-order valence-electron chi connectivity index (χ4n) is 2.36. The Morgan fingerprint density at radius 1 is 1.40 bits per heavy atom. The monoisotopic (exact) mass is 289 g/mol. The average Bonchev–Trinajstić information content (AvgIpc) is 3.04. The molecule has 5 nitrogen and oxygen atoms in total. The molecule has 1 aromatic carbocycles. The number of hydrogen-bond donors (Lipinski definition) is 2. The normalized spacial score (nSPS) is 22.1. The molecule has 2 unspecified atom stereocenters. The number of carbonyl (C=O) groups excluding carboxylic acids is 2. The van der Waals surface area contributed by atoms with Gasteiger partial charge in [-0.05, 0) is 25.5 Å². The first-order valence-corrected chi connectivity index (χ1v) is 7.35. The fourth-order valence-corrected chi connectivity index (χ4v) is 3.23. The maximum absolute atomic E-state index is 12.1. The van der Waals surface area contributed by atoms with Crippen LogP contribution < -0.4 is 10.6 Å². The molecule has 3 rings (SSSR count). The van der Waals surface area contributed by atoms with Crippen LogP contribution >= 0.6 is 11.3 Å². The van der Waals surface area contributed by atoms with Crippen molar-refractivity contribution in [3.8, 4) is 0 Å². The molecule has 1 fully saturated rings. The lowest BCUT2D eigenvalue weighted by molar-refractivity contribution is -0.120. The molecule has 0 spiro atoms. The molecule has 1 amide bonds. The predicted octanol–water partition coefficient (Wildman–Crippen LogP) is 1.80. The summed E-state index contributed by atoms with van der Waals surface area (Å²) in [5, 5.41) is 6.51. The fraction of sp³-hybridized carbons (Fsp3) is 0.357. The molecular weight excluding hydrogens is 274 g/mol. The second-order valence-corrected chi connectivity index (χ2v) is 6.01. The molecule has 6 heteroatoms. The van der Waals surface area contributed by atoms with Crippen molar-refractivity contribution in [2.75, 3.05) is 11.9 Å². The number of aromatic nitrogens is 1. The quantitative estimate of drug-likeness (QED) is 0.904. The highest BCUT2D eigenvalue weighted by Gasteiger charge is 2.32. The number of carbonyl (C=O) groups is 2. The summed E-state index contributed by atoms with van der Waals surface area (Å²) in [6, 6.07) is 7.45. The Bertz CT molecular complexity index is 634. The highest BCUT2D eigenvalue weighted by Crippen LogP contribution is 2.26. The third-order valence-corrected chi connectivity index (χ3v) is 4.50. The Balaban J connectivity index is 1.68. The van der Waals surface area contributed by atoms with Gasteiger partial charge in [0.05, 0.1) is 16.3 Å². The maximum atomic E-state index is 12.1. The predicted molar refractivity (Wildman–Crippen MR) is 78.8 cm³/mol. The van der Waals surface area contributed by atoms with Crippen molar-refractivity contribution in [1.29, 1.82) is 0 Å². The molecular formula is C14H15N3O2S. The van der Waals surface area contributed by atoms with Gasteiger partial charge in [0.15, 0.2) is 5.13 Å². The number of amides is 1. The van der Waals surface area contributed by atoms with Crippen LogP contribution in [0.4, 0.5) is 5.13 Å². The largest absolute Gasteiger partial charge is 0.305 e. The number of ketones is 1. The summed E-state index contributed by atoms with van der Waals surface area (Å²) in [7, 11) is 0. The minimum absolute atomic E-state index is 0.0545. The number of hydrogen-bond acceptors (Lipinski definition) is 5. The van der Waals surface area contributed by atoms with Crippen LogP contribution in [0.2, 0.25) is 0 Å². The van der Waals surface area contributed by atoms with Crippen molar-refractivity contribution in [1.82, 2.24) is 10.3 Å². The number of benzene rings is 1. The Morgan fingerprint density at radius 2 is 2.20 bits per heavy atom. The number of para-hydroxylation sites is 1. The van der Waals surface area contributed by atoms with Crippen LogP contribution in [-0.4, -0.2) is 29.3 Å². The van der Waals surface area contributed by atoms with E-state index in [-0.39, 0.29) is 23.7 Å². The molecule has 1 aliphatic rings. The lowest BCUT2D eigenvalue weighted by Gasteiger charge is -2.08. The van der Waals surface area contributed by atoms with Gasteiger partial charge < -0.3 is 10.6 Å². The molecule has 104 valence electrons. The van der Waals surface area contributed by atoms with Crippen LogP contribution in [0.15, 0.2) is 24.3 Å². The molecule has 0 radical (unpaired) electrons. The van der Waals surface area contributed by atoms with Crippen LogP contribution in [0, 0.1) is 5.92 Å². The Labute approximate surface area is 120 Å². The van der Waals surface area contributed by atoms with Gasteiger partial charge in [-0.25, -0.2) is 4.98 Å². The van der Waals surface area contributed by atoms with Crippen molar-refractivity contribution >= 4 is 38.4 Å². The van der Waals surface area contributed by atoms with Gasteiger partial charge in [-0.15, -0.1) is 0 Å². The minimum atomic E-state index is -0.309. The first kappa shape index (κ1) is 13.2. The number of anilines is 1. The third kappa shape index (κ3) is 2.57. The number of fused-ring (bicyclic) bond motifs is 1. The molecule has 2 N–H and O–H groups in total. The summed E-state index contributed by atoms with van der Waals surface area (Å²) < 4.78 is 1.05. The Kier molecular flexibility index (Phi) is 3.50.